The van der Waals surface area contributed by atoms with Crippen LogP contribution in [0.4, 0.5) is 11.4 Å². The van der Waals surface area contributed by atoms with Gasteiger partial charge in [0, 0.05) is 38.8 Å². The highest BCUT2D eigenvalue weighted by atomic mass is 32.2. The fourth-order valence-corrected chi connectivity index (χ4v) is 9.81. The molecule has 1 aliphatic carbocycles. The molecule has 1 unspecified atom stereocenters. The van der Waals surface area contributed by atoms with Crippen molar-refractivity contribution in [3.05, 3.63) is 205 Å². The van der Waals surface area contributed by atoms with Gasteiger partial charge >= 0.3 is 0 Å². The quantitative estimate of drug-likeness (QED) is 0.138. The summed E-state index contributed by atoms with van der Waals surface area (Å²) in [5.41, 5.74) is 14.5. The summed E-state index contributed by atoms with van der Waals surface area (Å²) in [7, 11) is 0. The summed E-state index contributed by atoms with van der Waals surface area (Å²) in [5, 5.41) is 5.24. The Bertz CT molecular complexity index is 2820. The standard InChI is InChI=1S/C52H39NOS/c1-2-11-35(36-12-4-3-5-13-36)32-33-53(42-28-22-38(23-29-42)43-16-10-19-50-52(43)46-15-7-9-18-49(46)55-50)41-26-20-37(21-27-41)39-24-30-44-40(34-39)25-31-48-51(44)45-14-6-8-17-47(45)54-48/h2-18,20-31,34,50H,1,19,32-33H2/b35-11+. The Hall–Kier alpha value is -6.29. The van der Waals surface area contributed by atoms with Gasteiger partial charge in [0.1, 0.15) is 11.2 Å². The lowest BCUT2D eigenvalue weighted by Gasteiger charge is -2.27. The van der Waals surface area contributed by atoms with Crippen LogP contribution in [0.5, 0.6) is 0 Å². The number of para-hydroxylation sites is 1. The van der Waals surface area contributed by atoms with E-state index in [-0.39, 0.29) is 0 Å². The second-order valence-electron chi connectivity index (χ2n) is 14.3. The van der Waals surface area contributed by atoms with Crippen LogP contribution in [-0.4, -0.2) is 11.8 Å². The molecule has 8 aromatic rings. The van der Waals surface area contributed by atoms with Gasteiger partial charge in [0.15, 0.2) is 0 Å². The molecule has 1 atom stereocenters. The van der Waals surface area contributed by atoms with Gasteiger partial charge in [-0.2, -0.15) is 0 Å². The van der Waals surface area contributed by atoms with Gasteiger partial charge in [-0.25, -0.2) is 0 Å². The van der Waals surface area contributed by atoms with Crippen molar-refractivity contribution in [2.75, 3.05) is 11.4 Å². The Morgan fingerprint density at radius 2 is 1.42 bits per heavy atom. The Kier molecular flexibility index (Phi) is 8.58. The maximum Gasteiger partial charge on any atom is 0.136 e. The van der Waals surface area contributed by atoms with Gasteiger partial charge in [-0.15, -0.1) is 11.8 Å². The highest BCUT2D eigenvalue weighted by molar-refractivity contribution is 8.00. The lowest BCUT2D eigenvalue weighted by molar-refractivity contribution is 0.669. The monoisotopic (exact) mass is 725 g/mol. The number of nitrogens with zero attached hydrogens (tertiary/aromatic N) is 1. The summed E-state index contributed by atoms with van der Waals surface area (Å²) >= 11 is 2.00. The Morgan fingerprint density at radius 3 is 2.24 bits per heavy atom. The molecule has 0 amide bonds. The minimum Gasteiger partial charge on any atom is -0.456 e. The number of rotatable bonds is 9. The Labute approximate surface area is 326 Å². The summed E-state index contributed by atoms with van der Waals surface area (Å²) < 4.78 is 6.17. The molecule has 264 valence electrons. The third-order valence-corrected chi connectivity index (χ3v) is 12.4. The molecule has 2 aliphatic rings. The van der Waals surface area contributed by atoms with E-state index in [0.29, 0.717) is 5.25 Å². The van der Waals surface area contributed by atoms with Gasteiger partial charge < -0.3 is 9.32 Å². The van der Waals surface area contributed by atoms with E-state index in [9.17, 15) is 0 Å². The van der Waals surface area contributed by atoms with Crippen LogP contribution in [0.1, 0.15) is 29.5 Å². The first kappa shape index (κ1) is 33.3. The summed E-state index contributed by atoms with van der Waals surface area (Å²) in [4.78, 5) is 3.84. The number of hydrogen-bond acceptors (Lipinski definition) is 3. The normalized spacial score (nSPS) is 15.1. The number of allylic oxidation sites excluding steroid dienone is 5. The van der Waals surface area contributed by atoms with Crippen molar-refractivity contribution in [2.24, 2.45) is 0 Å². The Morgan fingerprint density at radius 1 is 0.691 bits per heavy atom. The molecule has 0 saturated carbocycles. The van der Waals surface area contributed by atoms with E-state index in [0.717, 1.165) is 41.6 Å². The molecular weight excluding hydrogens is 687 g/mol. The zero-order valence-corrected chi connectivity index (χ0v) is 31.3. The van der Waals surface area contributed by atoms with Gasteiger partial charge in [-0.3, -0.25) is 0 Å². The van der Waals surface area contributed by atoms with Crippen LogP contribution in [0.15, 0.2) is 198 Å². The van der Waals surface area contributed by atoms with Gasteiger partial charge in [0.05, 0.1) is 0 Å². The van der Waals surface area contributed by atoms with E-state index < -0.39 is 0 Å². The molecule has 1 aromatic heterocycles. The molecule has 0 saturated heterocycles. The SMILES string of the molecule is C=C/C=C(\CCN(c1ccc(C2=C3c4ccccc4SC3CC=C2)cc1)c1ccc(-c2ccc3c(ccc4oc5ccccc5c43)c2)cc1)c1ccccc1. The van der Waals surface area contributed by atoms with Crippen LogP contribution in [-0.2, 0) is 0 Å². The van der Waals surface area contributed by atoms with E-state index in [1.54, 1.807) is 0 Å². The number of furan rings is 1. The average Bonchev–Trinajstić information content (AvgIpc) is 3.83. The van der Waals surface area contributed by atoms with E-state index in [4.69, 9.17) is 4.42 Å². The fourth-order valence-electron chi connectivity index (χ4n) is 8.46. The van der Waals surface area contributed by atoms with Gasteiger partial charge in [0.2, 0.25) is 0 Å². The van der Waals surface area contributed by atoms with E-state index in [1.165, 1.54) is 71.3 Å². The summed E-state index contributed by atoms with van der Waals surface area (Å²) in [6, 6.07) is 57.2. The average molecular weight is 726 g/mol. The van der Waals surface area contributed by atoms with Crippen LogP contribution in [0.25, 0.3) is 60.6 Å². The topological polar surface area (TPSA) is 16.4 Å². The number of benzene rings is 7. The molecule has 2 heterocycles. The van der Waals surface area contributed by atoms with Gasteiger partial charge in [-0.1, -0.05) is 140 Å². The van der Waals surface area contributed by atoms with Crippen LogP contribution >= 0.6 is 11.8 Å². The van der Waals surface area contributed by atoms with Crippen molar-refractivity contribution >= 4 is 72.6 Å². The summed E-state index contributed by atoms with van der Waals surface area (Å²) in [6.45, 7) is 4.85. The van der Waals surface area contributed by atoms with Crippen molar-refractivity contribution in [1.29, 1.82) is 0 Å². The highest BCUT2D eigenvalue weighted by Crippen LogP contribution is 2.51. The van der Waals surface area contributed by atoms with Crippen LogP contribution < -0.4 is 4.90 Å². The third kappa shape index (κ3) is 6.11. The lowest BCUT2D eigenvalue weighted by Crippen LogP contribution is -2.19. The van der Waals surface area contributed by atoms with Crippen molar-refractivity contribution in [2.45, 2.75) is 23.0 Å². The van der Waals surface area contributed by atoms with Crippen molar-refractivity contribution < 1.29 is 4.42 Å². The zero-order chi connectivity index (χ0) is 36.7. The first-order valence-corrected chi connectivity index (χ1v) is 20.0. The first-order valence-electron chi connectivity index (χ1n) is 19.1. The molecule has 0 bridgehead atoms. The van der Waals surface area contributed by atoms with E-state index in [2.05, 4.69) is 175 Å². The number of thioether (sulfide) groups is 1. The van der Waals surface area contributed by atoms with Crippen LogP contribution in [0, 0.1) is 0 Å². The van der Waals surface area contributed by atoms with Crippen LogP contribution in [0.3, 0.4) is 0 Å². The molecule has 3 heteroatoms. The molecule has 10 rings (SSSR count). The smallest absolute Gasteiger partial charge is 0.136 e. The van der Waals surface area contributed by atoms with E-state index >= 15 is 0 Å². The Balaban J connectivity index is 0.993. The van der Waals surface area contributed by atoms with E-state index in [1.807, 2.05) is 30.0 Å². The first-order chi connectivity index (χ1) is 27.2. The minimum absolute atomic E-state index is 0.481. The molecule has 0 fully saturated rings. The minimum atomic E-state index is 0.481. The number of fused-ring (bicyclic) bond motifs is 8. The van der Waals surface area contributed by atoms with Gasteiger partial charge in [-0.05, 0) is 117 Å². The van der Waals surface area contributed by atoms with Crippen LogP contribution in [0.2, 0.25) is 0 Å². The molecule has 1 aliphatic heterocycles. The molecule has 2 nitrogen and oxygen atoms in total. The second-order valence-corrected chi connectivity index (χ2v) is 15.6. The second kappa shape index (κ2) is 14.2. The highest BCUT2D eigenvalue weighted by Gasteiger charge is 2.31. The molecule has 0 spiro atoms. The molecule has 0 radical (unpaired) electrons. The lowest BCUT2D eigenvalue weighted by atomic mass is 9.88. The maximum absolute atomic E-state index is 6.17. The van der Waals surface area contributed by atoms with Crippen molar-refractivity contribution in [3.63, 3.8) is 0 Å². The largest absolute Gasteiger partial charge is 0.456 e. The molecular formula is C52H39NOS. The molecule has 7 aromatic carbocycles. The fraction of sp³-hybridized carbons (Fsp3) is 0.0769. The third-order valence-electron chi connectivity index (χ3n) is 11.1. The predicted octanol–water partition coefficient (Wildman–Crippen LogP) is 14.5. The maximum atomic E-state index is 6.17. The van der Waals surface area contributed by atoms with Gasteiger partial charge in [0.25, 0.3) is 0 Å². The predicted molar refractivity (Wildman–Crippen MR) is 236 cm³/mol. The van der Waals surface area contributed by atoms with Crippen molar-refractivity contribution in [3.8, 4) is 11.1 Å². The number of anilines is 2. The molecule has 55 heavy (non-hydrogen) atoms. The molecule has 0 N–H and O–H groups in total. The van der Waals surface area contributed by atoms with Crippen molar-refractivity contribution in [1.82, 2.24) is 0 Å². The summed E-state index contributed by atoms with van der Waals surface area (Å²) in [6.07, 6.45) is 10.7. The summed E-state index contributed by atoms with van der Waals surface area (Å²) in [5.74, 6) is 0. The zero-order valence-electron chi connectivity index (χ0n) is 30.5. The number of hydrogen-bond donors (Lipinski definition) is 0.